The number of nitrogens with zero attached hydrogens (tertiary/aromatic N) is 3. The standard InChI is InChI=1S/C26H24N4OS/c27-14-17-21(15-8-3-1-4-9-15)23-18(11-7-12-19(23)31)30-25(17)29-24(28)22-16-10-5-2-6-13-20(16)32-26(22)30/h1,3-4,8-9,21H,2,5-7,10-13H2,(H2,28,29)/t21-/m1/s1. The molecule has 1 aromatic carbocycles. The zero-order valence-electron chi connectivity index (χ0n) is 17.9. The van der Waals surface area contributed by atoms with Gasteiger partial charge in [-0.05, 0) is 49.7 Å². The van der Waals surface area contributed by atoms with Crippen LogP contribution in [0.25, 0.3) is 0 Å². The molecule has 0 spiro atoms. The average Bonchev–Trinajstić information content (AvgIpc) is 3.02. The fraction of sp³-hybridized carbons (Fsp3) is 0.346. The number of fused-ring (bicyclic) bond motifs is 6. The average molecular weight is 441 g/mol. The molecule has 32 heavy (non-hydrogen) atoms. The molecule has 6 heteroatoms. The molecule has 1 aromatic heterocycles. The van der Waals surface area contributed by atoms with Crippen LogP contribution >= 0.6 is 11.3 Å². The SMILES string of the molecule is N#CC1=C2N=C(N)c3c(sc4c3CCCCC4)N2C2=C(C(=O)CCC2)[C@@H]1c1ccccc1. The fourth-order valence-corrected chi connectivity index (χ4v) is 7.10. The third-order valence-electron chi connectivity index (χ3n) is 7.07. The van der Waals surface area contributed by atoms with Crippen molar-refractivity contribution in [1.82, 2.24) is 0 Å². The fourth-order valence-electron chi connectivity index (χ4n) is 5.67. The number of carbonyl (C=O) groups is 1. The van der Waals surface area contributed by atoms with Gasteiger partial charge in [0.2, 0.25) is 0 Å². The number of nitrogens with two attached hydrogens (primary N) is 1. The molecule has 0 saturated carbocycles. The van der Waals surface area contributed by atoms with Crippen molar-refractivity contribution in [1.29, 1.82) is 5.26 Å². The van der Waals surface area contributed by atoms with Crippen LogP contribution in [0.3, 0.4) is 0 Å². The predicted octanol–water partition coefficient (Wildman–Crippen LogP) is 5.08. The first kappa shape index (κ1) is 19.5. The first-order valence-corrected chi connectivity index (χ1v) is 12.3. The highest BCUT2D eigenvalue weighted by molar-refractivity contribution is 7.17. The largest absolute Gasteiger partial charge is 0.383 e. The van der Waals surface area contributed by atoms with Gasteiger partial charge in [-0.15, -0.1) is 11.3 Å². The molecule has 0 amide bonds. The Morgan fingerprint density at radius 3 is 2.69 bits per heavy atom. The van der Waals surface area contributed by atoms with Gasteiger partial charge in [-0.2, -0.15) is 5.26 Å². The van der Waals surface area contributed by atoms with E-state index >= 15 is 0 Å². The third kappa shape index (κ3) is 2.74. The van der Waals surface area contributed by atoms with E-state index < -0.39 is 0 Å². The summed E-state index contributed by atoms with van der Waals surface area (Å²) in [5.74, 6) is 0.882. The lowest BCUT2D eigenvalue weighted by Gasteiger charge is -2.40. The first-order chi connectivity index (χ1) is 15.7. The van der Waals surface area contributed by atoms with E-state index in [2.05, 4.69) is 11.0 Å². The first-order valence-electron chi connectivity index (χ1n) is 11.4. The van der Waals surface area contributed by atoms with Crippen LogP contribution in [-0.4, -0.2) is 11.6 Å². The second-order valence-corrected chi connectivity index (χ2v) is 9.99. The number of Topliss-reactive ketones (excluding diaryl/α,β-unsaturated/α-hetero) is 1. The van der Waals surface area contributed by atoms with Crippen LogP contribution < -0.4 is 10.6 Å². The molecule has 2 N–H and O–H groups in total. The normalized spacial score (nSPS) is 22.3. The van der Waals surface area contributed by atoms with E-state index in [-0.39, 0.29) is 11.7 Å². The number of rotatable bonds is 1. The minimum Gasteiger partial charge on any atom is -0.383 e. The lowest BCUT2D eigenvalue weighted by Crippen LogP contribution is -2.38. The molecule has 4 aliphatic rings. The molecule has 2 aliphatic carbocycles. The molecule has 0 saturated heterocycles. The number of aliphatic imine (C=N–C) groups is 1. The number of allylic oxidation sites excluding steroid dienone is 3. The number of amidine groups is 1. The van der Waals surface area contributed by atoms with Crippen molar-refractivity contribution in [3.63, 3.8) is 0 Å². The maximum Gasteiger partial charge on any atom is 0.161 e. The predicted molar refractivity (Wildman–Crippen MR) is 126 cm³/mol. The summed E-state index contributed by atoms with van der Waals surface area (Å²) in [6.45, 7) is 0. The van der Waals surface area contributed by atoms with Gasteiger partial charge in [0.05, 0.1) is 23.1 Å². The Bertz CT molecular complexity index is 1270. The number of anilines is 1. The molecule has 1 atom stereocenters. The number of nitriles is 1. The molecule has 0 unspecified atom stereocenters. The zero-order valence-corrected chi connectivity index (χ0v) is 18.7. The summed E-state index contributed by atoms with van der Waals surface area (Å²) < 4.78 is 0. The molecule has 0 fully saturated rings. The highest BCUT2D eigenvalue weighted by Crippen LogP contribution is 2.52. The van der Waals surface area contributed by atoms with Gasteiger partial charge in [0.1, 0.15) is 10.8 Å². The Labute approximate surface area is 191 Å². The second kappa shape index (κ2) is 7.46. The van der Waals surface area contributed by atoms with Crippen molar-refractivity contribution < 1.29 is 4.79 Å². The van der Waals surface area contributed by atoms with Gasteiger partial charge in [-0.25, -0.2) is 4.99 Å². The van der Waals surface area contributed by atoms with Gasteiger partial charge in [-0.3, -0.25) is 9.69 Å². The molecule has 0 bridgehead atoms. The summed E-state index contributed by atoms with van der Waals surface area (Å²) in [6.07, 6.45) is 7.85. The van der Waals surface area contributed by atoms with Crippen LogP contribution in [0, 0.1) is 11.3 Å². The molecule has 2 aliphatic heterocycles. The zero-order chi connectivity index (χ0) is 21.8. The van der Waals surface area contributed by atoms with E-state index in [9.17, 15) is 10.1 Å². The number of thiophene rings is 1. The molecule has 0 radical (unpaired) electrons. The number of benzene rings is 1. The summed E-state index contributed by atoms with van der Waals surface area (Å²) in [5.41, 5.74) is 12.2. The Morgan fingerprint density at radius 1 is 1.06 bits per heavy atom. The lowest BCUT2D eigenvalue weighted by atomic mass is 9.75. The van der Waals surface area contributed by atoms with E-state index in [0.717, 1.165) is 59.5 Å². The minimum atomic E-state index is -0.383. The topological polar surface area (TPSA) is 82.5 Å². The van der Waals surface area contributed by atoms with Gasteiger partial charge in [-0.1, -0.05) is 36.8 Å². The van der Waals surface area contributed by atoms with Crippen LogP contribution in [-0.2, 0) is 17.6 Å². The maximum atomic E-state index is 13.3. The smallest absolute Gasteiger partial charge is 0.161 e. The lowest BCUT2D eigenvalue weighted by molar-refractivity contribution is -0.116. The molecular weight excluding hydrogens is 416 g/mol. The summed E-state index contributed by atoms with van der Waals surface area (Å²) in [7, 11) is 0. The van der Waals surface area contributed by atoms with Crippen molar-refractivity contribution in [3.05, 3.63) is 74.6 Å². The number of aryl methyl sites for hydroxylation is 1. The van der Waals surface area contributed by atoms with E-state index in [4.69, 9.17) is 10.7 Å². The number of ketones is 1. The molecule has 6 rings (SSSR count). The Balaban J connectivity index is 1.64. The summed E-state index contributed by atoms with van der Waals surface area (Å²) in [5, 5.41) is 11.4. The highest BCUT2D eigenvalue weighted by Gasteiger charge is 2.44. The summed E-state index contributed by atoms with van der Waals surface area (Å²) in [6, 6.07) is 12.3. The summed E-state index contributed by atoms with van der Waals surface area (Å²) in [4.78, 5) is 21.6. The molecule has 2 aromatic rings. The minimum absolute atomic E-state index is 0.147. The molecule has 5 nitrogen and oxygen atoms in total. The monoisotopic (exact) mass is 440 g/mol. The van der Waals surface area contributed by atoms with E-state index in [1.807, 2.05) is 30.3 Å². The summed E-state index contributed by atoms with van der Waals surface area (Å²) >= 11 is 1.78. The number of carbonyl (C=O) groups excluding carboxylic acids is 1. The van der Waals surface area contributed by atoms with Gasteiger partial charge in [0.25, 0.3) is 0 Å². The molecule has 3 heterocycles. The van der Waals surface area contributed by atoms with E-state index in [1.54, 1.807) is 11.3 Å². The van der Waals surface area contributed by atoms with Crippen LogP contribution in [0.2, 0.25) is 0 Å². The van der Waals surface area contributed by atoms with Crippen molar-refractivity contribution in [2.75, 3.05) is 4.90 Å². The molecular formula is C26H24N4OS. The van der Waals surface area contributed by atoms with Gasteiger partial charge < -0.3 is 5.73 Å². The Hall–Kier alpha value is -3.17. The van der Waals surface area contributed by atoms with Crippen molar-refractivity contribution >= 4 is 28.0 Å². The maximum absolute atomic E-state index is 13.3. The number of hydrogen-bond donors (Lipinski definition) is 1. The van der Waals surface area contributed by atoms with Gasteiger partial charge in [0, 0.05) is 22.6 Å². The van der Waals surface area contributed by atoms with E-state index in [1.165, 1.54) is 23.3 Å². The van der Waals surface area contributed by atoms with Crippen molar-refractivity contribution in [2.24, 2.45) is 10.7 Å². The van der Waals surface area contributed by atoms with Crippen LogP contribution in [0.15, 0.2) is 58.0 Å². The van der Waals surface area contributed by atoms with E-state index in [0.29, 0.717) is 23.7 Å². The van der Waals surface area contributed by atoms with Gasteiger partial charge in [0.15, 0.2) is 11.6 Å². The Kier molecular flexibility index (Phi) is 4.55. The molecule has 160 valence electrons. The quantitative estimate of drug-likeness (QED) is 0.627. The van der Waals surface area contributed by atoms with Crippen LogP contribution in [0.4, 0.5) is 5.00 Å². The second-order valence-electron chi connectivity index (χ2n) is 8.91. The number of hydrogen-bond acceptors (Lipinski definition) is 6. The van der Waals surface area contributed by atoms with Crippen molar-refractivity contribution in [2.45, 2.75) is 57.3 Å². The Morgan fingerprint density at radius 2 is 1.88 bits per heavy atom. The van der Waals surface area contributed by atoms with Crippen molar-refractivity contribution in [3.8, 4) is 6.07 Å². The van der Waals surface area contributed by atoms with Gasteiger partial charge >= 0.3 is 0 Å². The highest BCUT2D eigenvalue weighted by atomic mass is 32.1. The van der Waals surface area contributed by atoms with Crippen LogP contribution in [0.5, 0.6) is 0 Å². The third-order valence-corrected chi connectivity index (χ3v) is 8.35. The van der Waals surface area contributed by atoms with Crippen LogP contribution in [0.1, 0.15) is 66.0 Å².